The standard InChI is InChI=1S/C11H13ClN2O/c1-6(2)10-11(15)14-8-4-3-7(12)5-9(8)13-10/h3-6,10,13H,1-2H3,(H,14,15). The van der Waals surface area contributed by atoms with Crippen molar-refractivity contribution in [1.82, 2.24) is 0 Å². The molecule has 1 atom stereocenters. The van der Waals surface area contributed by atoms with Crippen molar-refractivity contribution >= 4 is 28.9 Å². The summed E-state index contributed by atoms with van der Waals surface area (Å²) in [6.45, 7) is 4.01. The zero-order valence-corrected chi connectivity index (χ0v) is 9.43. The second-order valence-corrected chi connectivity index (χ2v) is 4.48. The van der Waals surface area contributed by atoms with Crippen LogP contribution in [0, 0.1) is 5.92 Å². The van der Waals surface area contributed by atoms with Gasteiger partial charge in [-0.1, -0.05) is 25.4 Å². The number of halogens is 1. The lowest BCUT2D eigenvalue weighted by atomic mass is 10.0. The lowest BCUT2D eigenvalue weighted by Gasteiger charge is -2.29. The lowest BCUT2D eigenvalue weighted by molar-refractivity contribution is -0.117. The largest absolute Gasteiger partial charge is 0.372 e. The molecule has 1 heterocycles. The van der Waals surface area contributed by atoms with Crippen molar-refractivity contribution in [2.24, 2.45) is 5.92 Å². The van der Waals surface area contributed by atoms with Crippen LogP contribution in [0.25, 0.3) is 0 Å². The number of hydrogen-bond acceptors (Lipinski definition) is 2. The molecule has 0 saturated heterocycles. The normalized spacial score (nSPS) is 19.5. The molecule has 0 bridgehead atoms. The highest BCUT2D eigenvalue weighted by molar-refractivity contribution is 6.31. The average molecular weight is 225 g/mol. The summed E-state index contributed by atoms with van der Waals surface area (Å²) in [6.07, 6.45) is 0. The molecule has 0 aliphatic carbocycles. The van der Waals surface area contributed by atoms with E-state index < -0.39 is 0 Å². The Morgan fingerprint density at radius 2 is 2.07 bits per heavy atom. The predicted molar refractivity (Wildman–Crippen MR) is 62.3 cm³/mol. The van der Waals surface area contributed by atoms with Gasteiger partial charge in [0, 0.05) is 5.02 Å². The molecule has 1 amide bonds. The highest BCUT2D eigenvalue weighted by Gasteiger charge is 2.27. The van der Waals surface area contributed by atoms with Crippen molar-refractivity contribution in [3.05, 3.63) is 23.2 Å². The van der Waals surface area contributed by atoms with Crippen LogP contribution in [0.2, 0.25) is 5.02 Å². The molecule has 0 aromatic heterocycles. The number of nitrogens with one attached hydrogen (secondary N) is 2. The molecule has 1 unspecified atom stereocenters. The van der Waals surface area contributed by atoms with Gasteiger partial charge in [-0.3, -0.25) is 4.79 Å². The van der Waals surface area contributed by atoms with Crippen molar-refractivity contribution in [1.29, 1.82) is 0 Å². The minimum Gasteiger partial charge on any atom is -0.372 e. The van der Waals surface area contributed by atoms with Crippen molar-refractivity contribution in [3.8, 4) is 0 Å². The number of benzene rings is 1. The highest BCUT2D eigenvalue weighted by Crippen LogP contribution is 2.30. The van der Waals surface area contributed by atoms with Gasteiger partial charge >= 0.3 is 0 Å². The minimum atomic E-state index is -0.184. The molecule has 2 N–H and O–H groups in total. The van der Waals surface area contributed by atoms with Crippen LogP contribution in [0.3, 0.4) is 0 Å². The van der Waals surface area contributed by atoms with Crippen molar-refractivity contribution < 1.29 is 4.79 Å². The summed E-state index contributed by atoms with van der Waals surface area (Å²) >= 11 is 5.89. The number of fused-ring (bicyclic) bond motifs is 1. The quantitative estimate of drug-likeness (QED) is 0.770. The highest BCUT2D eigenvalue weighted by atomic mass is 35.5. The molecule has 15 heavy (non-hydrogen) atoms. The molecule has 0 spiro atoms. The number of rotatable bonds is 1. The van der Waals surface area contributed by atoms with Gasteiger partial charge in [0.25, 0.3) is 0 Å². The first-order valence-corrected chi connectivity index (χ1v) is 5.32. The topological polar surface area (TPSA) is 41.1 Å². The van der Waals surface area contributed by atoms with Crippen LogP contribution in [-0.4, -0.2) is 11.9 Å². The van der Waals surface area contributed by atoms with E-state index in [9.17, 15) is 4.79 Å². The zero-order chi connectivity index (χ0) is 11.0. The fraction of sp³-hybridized carbons (Fsp3) is 0.364. The van der Waals surface area contributed by atoms with Crippen molar-refractivity contribution in [2.45, 2.75) is 19.9 Å². The average Bonchev–Trinajstić information content (AvgIpc) is 2.17. The van der Waals surface area contributed by atoms with Crippen LogP contribution >= 0.6 is 11.6 Å². The zero-order valence-electron chi connectivity index (χ0n) is 8.67. The maximum atomic E-state index is 11.7. The Hall–Kier alpha value is -1.22. The fourth-order valence-corrected chi connectivity index (χ4v) is 1.83. The number of carbonyl (C=O) groups is 1. The Morgan fingerprint density at radius 1 is 1.33 bits per heavy atom. The molecule has 3 nitrogen and oxygen atoms in total. The number of anilines is 2. The van der Waals surface area contributed by atoms with E-state index in [0.29, 0.717) is 5.02 Å². The van der Waals surface area contributed by atoms with E-state index in [1.54, 1.807) is 12.1 Å². The Bertz CT molecular complexity index is 404. The maximum Gasteiger partial charge on any atom is 0.247 e. The summed E-state index contributed by atoms with van der Waals surface area (Å²) in [5.41, 5.74) is 1.68. The lowest BCUT2D eigenvalue weighted by Crippen LogP contribution is -2.42. The van der Waals surface area contributed by atoms with E-state index in [1.807, 2.05) is 19.9 Å². The first kappa shape index (κ1) is 10.3. The van der Waals surface area contributed by atoms with Gasteiger partial charge < -0.3 is 10.6 Å². The summed E-state index contributed by atoms with van der Waals surface area (Å²) in [5.74, 6) is 0.261. The first-order chi connectivity index (χ1) is 7.08. The second-order valence-electron chi connectivity index (χ2n) is 4.05. The third kappa shape index (κ3) is 1.92. The van der Waals surface area contributed by atoms with E-state index in [1.165, 1.54) is 0 Å². The van der Waals surface area contributed by atoms with E-state index in [2.05, 4.69) is 10.6 Å². The third-order valence-corrected chi connectivity index (χ3v) is 2.73. The fourth-order valence-electron chi connectivity index (χ4n) is 1.66. The van der Waals surface area contributed by atoms with Crippen molar-refractivity contribution in [2.75, 3.05) is 10.6 Å². The molecular weight excluding hydrogens is 212 g/mol. The molecule has 4 heteroatoms. The molecule has 80 valence electrons. The van der Waals surface area contributed by atoms with E-state index in [-0.39, 0.29) is 17.9 Å². The SMILES string of the molecule is CC(C)C1Nc2cc(Cl)ccc2NC1=O. The number of hydrogen-bond donors (Lipinski definition) is 2. The summed E-state index contributed by atoms with van der Waals surface area (Å²) in [4.78, 5) is 11.7. The van der Waals surface area contributed by atoms with Gasteiger partial charge in [-0.05, 0) is 24.1 Å². The Kier molecular flexibility index (Phi) is 2.57. The predicted octanol–water partition coefficient (Wildman–Crippen LogP) is 2.73. The number of carbonyl (C=O) groups excluding carboxylic acids is 1. The summed E-state index contributed by atoms with van der Waals surface area (Å²) in [7, 11) is 0. The van der Waals surface area contributed by atoms with E-state index in [4.69, 9.17) is 11.6 Å². The van der Waals surface area contributed by atoms with Gasteiger partial charge in [-0.15, -0.1) is 0 Å². The van der Waals surface area contributed by atoms with Gasteiger partial charge in [-0.2, -0.15) is 0 Å². The molecule has 0 radical (unpaired) electrons. The Labute approximate surface area is 93.8 Å². The molecule has 2 rings (SSSR count). The molecule has 0 saturated carbocycles. The smallest absolute Gasteiger partial charge is 0.247 e. The third-order valence-electron chi connectivity index (χ3n) is 2.50. The van der Waals surface area contributed by atoms with Gasteiger partial charge in [0.2, 0.25) is 5.91 Å². The Balaban J connectivity index is 2.34. The summed E-state index contributed by atoms with van der Waals surface area (Å²) in [5, 5.41) is 6.72. The van der Waals surface area contributed by atoms with Crippen LogP contribution in [-0.2, 0) is 4.79 Å². The van der Waals surface area contributed by atoms with Gasteiger partial charge in [-0.25, -0.2) is 0 Å². The molecular formula is C11H13ClN2O. The van der Waals surface area contributed by atoms with E-state index in [0.717, 1.165) is 11.4 Å². The molecule has 1 aliphatic rings. The first-order valence-electron chi connectivity index (χ1n) is 4.95. The second kappa shape index (κ2) is 3.74. The van der Waals surface area contributed by atoms with Crippen LogP contribution in [0.15, 0.2) is 18.2 Å². The van der Waals surface area contributed by atoms with E-state index >= 15 is 0 Å². The van der Waals surface area contributed by atoms with Gasteiger partial charge in [0.15, 0.2) is 0 Å². The molecule has 1 aliphatic heterocycles. The molecule has 1 aromatic carbocycles. The Morgan fingerprint density at radius 3 is 2.73 bits per heavy atom. The van der Waals surface area contributed by atoms with Crippen molar-refractivity contribution in [3.63, 3.8) is 0 Å². The molecule has 0 fully saturated rings. The maximum absolute atomic E-state index is 11.7. The van der Waals surface area contributed by atoms with Crippen LogP contribution < -0.4 is 10.6 Å². The monoisotopic (exact) mass is 224 g/mol. The summed E-state index contributed by atoms with van der Waals surface area (Å²) in [6, 6.07) is 5.21. The summed E-state index contributed by atoms with van der Waals surface area (Å²) < 4.78 is 0. The van der Waals surface area contributed by atoms with Crippen LogP contribution in [0.1, 0.15) is 13.8 Å². The van der Waals surface area contributed by atoms with Gasteiger partial charge in [0.05, 0.1) is 11.4 Å². The van der Waals surface area contributed by atoms with Gasteiger partial charge in [0.1, 0.15) is 6.04 Å². The minimum absolute atomic E-state index is 0.0137. The molecule has 1 aromatic rings. The van der Waals surface area contributed by atoms with Crippen LogP contribution in [0.4, 0.5) is 11.4 Å². The van der Waals surface area contributed by atoms with Crippen LogP contribution in [0.5, 0.6) is 0 Å². The number of amides is 1.